The molecular formula is C58H36N2O. The van der Waals surface area contributed by atoms with Gasteiger partial charge in [0.1, 0.15) is 11.2 Å². The number of benzene rings is 10. The number of rotatable bonds is 5. The van der Waals surface area contributed by atoms with Gasteiger partial charge in [0.15, 0.2) is 0 Å². The second-order valence-corrected chi connectivity index (χ2v) is 16.1. The van der Waals surface area contributed by atoms with E-state index in [2.05, 4.69) is 221 Å². The lowest BCUT2D eigenvalue weighted by atomic mass is 9.98. The maximum Gasteiger partial charge on any atom is 0.143 e. The van der Waals surface area contributed by atoms with E-state index >= 15 is 0 Å². The second kappa shape index (κ2) is 13.2. The van der Waals surface area contributed by atoms with E-state index in [1.54, 1.807) is 0 Å². The van der Waals surface area contributed by atoms with Gasteiger partial charge in [0.05, 0.1) is 22.1 Å². The van der Waals surface area contributed by atoms with Crippen LogP contribution in [-0.2, 0) is 0 Å². The van der Waals surface area contributed by atoms with Gasteiger partial charge in [-0.15, -0.1) is 0 Å². The smallest absolute Gasteiger partial charge is 0.143 e. The standard InChI is InChI=1S/C58H36N2O/c1-2-13-44(14-3-1)59-53-19-8-6-15-47(53)50-34-41(25-30-54(50)59)42-26-31-55-51(35-42)52-36-43(46-17-10-18-49-48-16-7-9-20-57(48)61-58(46)49)27-32-56(52)60(55)45-28-23-38(24-29-45)40-22-21-37-11-4-5-12-39(37)33-40/h1-36H. The summed E-state index contributed by atoms with van der Waals surface area (Å²) >= 11 is 0. The van der Waals surface area contributed by atoms with E-state index in [1.807, 2.05) is 6.07 Å². The Morgan fingerprint density at radius 1 is 0.279 bits per heavy atom. The lowest BCUT2D eigenvalue weighted by Gasteiger charge is -2.11. The number of fused-ring (bicyclic) bond motifs is 10. The van der Waals surface area contributed by atoms with Crippen molar-refractivity contribution in [1.82, 2.24) is 9.13 Å². The molecule has 284 valence electrons. The highest BCUT2D eigenvalue weighted by molar-refractivity contribution is 6.15. The van der Waals surface area contributed by atoms with Crippen LogP contribution in [0.2, 0.25) is 0 Å². The Balaban J connectivity index is 1.00. The lowest BCUT2D eigenvalue weighted by molar-refractivity contribution is 0.670. The first kappa shape index (κ1) is 33.8. The van der Waals surface area contributed by atoms with Gasteiger partial charge in [0.25, 0.3) is 0 Å². The zero-order valence-electron chi connectivity index (χ0n) is 33.1. The summed E-state index contributed by atoms with van der Waals surface area (Å²) in [6, 6.07) is 79.3. The minimum absolute atomic E-state index is 0.906. The highest BCUT2D eigenvalue weighted by Gasteiger charge is 2.19. The molecule has 13 aromatic rings. The molecule has 3 heterocycles. The number of hydrogen-bond donors (Lipinski definition) is 0. The molecule has 0 fully saturated rings. The van der Waals surface area contributed by atoms with Gasteiger partial charge in [0.2, 0.25) is 0 Å². The van der Waals surface area contributed by atoms with Crippen molar-refractivity contribution >= 4 is 76.3 Å². The highest BCUT2D eigenvalue weighted by atomic mass is 16.3. The third kappa shape index (κ3) is 5.24. The average molecular weight is 777 g/mol. The summed E-state index contributed by atoms with van der Waals surface area (Å²) in [5.41, 5.74) is 15.8. The van der Waals surface area contributed by atoms with Gasteiger partial charge in [0, 0.05) is 49.3 Å². The zero-order valence-corrected chi connectivity index (χ0v) is 33.1. The molecule has 0 radical (unpaired) electrons. The summed E-state index contributed by atoms with van der Waals surface area (Å²) in [6.07, 6.45) is 0. The van der Waals surface area contributed by atoms with Crippen molar-refractivity contribution in [1.29, 1.82) is 0 Å². The van der Waals surface area contributed by atoms with Crippen LogP contribution >= 0.6 is 0 Å². The van der Waals surface area contributed by atoms with E-state index < -0.39 is 0 Å². The Labute approximate surface area is 351 Å². The molecule has 61 heavy (non-hydrogen) atoms. The van der Waals surface area contributed by atoms with E-state index in [9.17, 15) is 0 Å². The predicted molar refractivity (Wildman–Crippen MR) is 256 cm³/mol. The van der Waals surface area contributed by atoms with Crippen molar-refractivity contribution in [2.45, 2.75) is 0 Å². The lowest BCUT2D eigenvalue weighted by Crippen LogP contribution is -1.94. The van der Waals surface area contributed by atoms with Gasteiger partial charge in [-0.05, 0) is 117 Å². The topological polar surface area (TPSA) is 23.0 Å². The largest absolute Gasteiger partial charge is 0.455 e. The molecule has 0 unspecified atom stereocenters. The second-order valence-electron chi connectivity index (χ2n) is 16.1. The molecule has 0 saturated heterocycles. The maximum atomic E-state index is 6.55. The first-order valence-corrected chi connectivity index (χ1v) is 20.9. The van der Waals surface area contributed by atoms with Gasteiger partial charge in [-0.25, -0.2) is 0 Å². The van der Waals surface area contributed by atoms with Crippen molar-refractivity contribution < 1.29 is 4.42 Å². The van der Waals surface area contributed by atoms with Gasteiger partial charge < -0.3 is 13.6 Å². The van der Waals surface area contributed by atoms with Gasteiger partial charge in [-0.3, -0.25) is 0 Å². The monoisotopic (exact) mass is 776 g/mol. The van der Waals surface area contributed by atoms with Crippen molar-refractivity contribution in [2.75, 3.05) is 0 Å². The van der Waals surface area contributed by atoms with Crippen LogP contribution in [0.3, 0.4) is 0 Å². The Morgan fingerprint density at radius 3 is 1.54 bits per heavy atom. The van der Waals surface area contributed by atoms with E-state index in [4.69, 9.17) is 4.42 Å². The molecule has 0 bridgehead atoms. The minimum Gasteiger partial charge on any atom is -0.455 e. The fraction of sp³-hybridized carbons (Fsp3) is 0. The van der Waals surface area contributed by atoms with Crippen molar-refractivity contribution in [2.24, 2.45) is 0 Å². The summed E-state index contributed by atoms with van der Waals surface area (Å²) < 4.78 is 11.3. The molecule has 0 N–H and O–H groups in total. The predicted octanol–water partition coefficient (Wildman–Crippen LogP) is 15.9. The summed E-state index contributed by atoms with van der Waals surface area (Å²) in [7, 11) is 0. The number of aromatic nitrogens is 2. The molecule has 0 aliphatic rings. The van der Waals surface area contributed by atoms with E-state index in [0.717, 1.165) is 55.5 Å². The molecule has 3 heteroatoms. The summed E-state index contributed by atoms with van der Waals surface area (Å²) in [4.78, 5) is 0. The molecule has 0 aliphatic heterocycles. The zero-order chi connectivity index (χ0) is 40.0. The number of furan rings is 1. The van der Waals surface area contributed by atoms with Crippen LogP contribution in [0.25, 0.3) is 121 Å². The average Bonchev–Trinajstić information content (AvgIpc) is 3.99. The molecule has 0 aliphatic carbocycles. The minimum atomic E-state index is 0.906. The van der Waals surface area contributed by atoms with Crippen LogP contribution in [0.5, 0.6) is 0 Å². The Bertz CT molecular complexity index is 3860. The van der Waals surface area contributed by atoms with Crippen LogP contribution in [0.1, 0.15) is 0 Å². The van der Waals surface area contributed by atoms with Crippen LogP contribution < -0.4 is 0 Å². The van der Waals surface area contributed by atoms with E-state index in [-0.39, 0.29) is 0 Å². The van der Waals surface area contributed by atoms with Gasteiger partial charge in [-0.1, -0.05) is 140 Å². The third-order valence-electron chi connectivity index (χ3n) is 12.7. The van der Waals surface area contributed by atoms with E-state index in [0.29, 0.717) is 0 Å². The number of nitrogens with zero attached hydrogens (tertiary/aromatic N) is 2. The molecule has 10 aromatic carbocycles. The van der Waals surface area contributed by atoms with Gasteiger partial charge in [-0.2, -0.15) is 0 Å². The van der Waals surface area contributed by atoms with Crippen molar-refractivity contribution in [3.05, 3.63) is 218 Å². The van der Waals surface area contributed by atoms with Crippen molar-refractivity contribution in [3.63, 3.8) is 0 Å². The number of hydrogen-bond acceptors (Lipinski definition) is 1. The molecular weight excluding hydrogens is 741 g/mol. The SMILES string of the molecule is c1ccc(-n2c3ccccc3c3cc(-c4ccc5c(c4)c4cc(-c6cccc7c6oc6ccccc67)ccc4n5-c4ccc(-c5ccc6ccccc6c5)cc4)ccc32)cc1. The fourth-order valence-corrected chi connectivity index (χ4v) is 9.80. The summed E-state index contributed by atoms with van der Waals surface area (Å²) in [5.74, 6) is 0. The molecule has 3 nitrogen and oxygen atoms in total. The summed E-state index contributed by atoms with van der Waals surface area (Å²) in [6.45, 7) is 0. The summed E-state index contributed by atoms with van der Waals surface area (Å²) in [5, 5.41) is 9.66. The molecule has 0 saturated carbocycles. The van der Waals surface area contributed by atoms with Crippen LogP contribution in [-0.4, -0.2) is 9.13 Å². The van der Waals surface area contributed by atoms with Gasteiger partial charge >= 0.3 is 0 Å². The highest BCUT2D eigenvalue weighted by Crippen LogP contribution is 2.42. The Kier molecular flexibility index (Phi) is 7.31. The normalized spacial score (nSPS) is 11.9. The van der Waals surface area contributed by atoms with Crippen LogP contribution in [0.15, 0.2) is 223 Å². The Morgan fingerprint density at radius 2 is 0.787 bits per heavy atom. The van der Waals surface area contributed by atoms with Crippen LogP contribution in [0, 0.1) is 0 Å². The maximum absolute atomic E-state index is 6.55. The molecule has 3 aromatic heterocycles. The van der Waals surface area contributed by atoms with Crippen LogP contribution in [0.4, 0.5) is 0 Å². The fourth-order valence-electron chi connectivity index (χ4n) is 9.80. The number of para-hydroxylation sites is 4. The first-order valence-electron chi connectivity index (χ1n) is 20.9. The quantitative estimate of drug-likeness (QED) is 0.171. The molecule has 0 spiro atoms. The Hall–Kier alpha value is -8.14. The molecule has 13 rings (SSSR count). The van der Waals surface area contributed by atoms with Crippen molar-refractivity contribution in [3.8, 4) is 44.8 Å². The molecule has 0 atom stereocenters. The first-order chi connectivity index (χ1) is 30.2. The molecule has 0 amide bonds. The van der Waals surface area contributed by atoms with E-state index in [1.165, 1.54) is 65.6 Å². The third-order valence-corrected chi connectivity index (χ3v) is 12.7.